The van der Waals surface area contributed by atoms with E-state index >= 15 is 0 Å². The molecule has 0 unspecified atom stereocenters. The average molecular weight is 478 g/mol. The van der Waals surface area contributed by atoms with E-state index in [1.807, 2.05) is 50.2 Å². The van der Waals surface area contributed by atoms with Crippen molar-refractivity contribution in [1.29, 1.82) is 0 Å². The molecule has 9 nitrogen and oxygen atoms in total. The summed E-state index contributed by atoms with van der Waals surface area (Å²) in [5.41, 5.74) is 4.18. The third-order valence-corrected chi connectivity index (χ3v) is 5.93. The highest BCUT2D eigenvalue weighted by atomic mass is 16.5. The molecule has 0 spiro atoms. The number of carbonyl (C=O) groups excluding carboxylic acids is 2. The third-order valence-electron chi connectivity index (χ3n) is 5.93. The number of aromatic nitrogens is 1. The Bertz CT molecular complexity index is 1190. The van der Waals surface area contributed by atoms with E-state index in [1.54, 1.807) is 0 Å². The summed E-state index contributed by atoms with van der Waals surface area (Å²) < 4.78 is 10.6. The van der Waals surface area contributed by atoms with Crippen LogP contribution in [0, 0.1) is 5.92 Å². The van der Waals surface area contributed by atoms with Crippen molar-refractivity contribution >= 4 is 18.0 Å². The Morgan fingerprint density at radius 2 is 1.69 bits per heavy atom. The molecule has 2 aromatic carbocycles. The van der Waals surface area contributed by atoms with Crippen LogP contribution in [-0.4, -0.2) is 40.7 Å². The van der Waals surface area contributed by atoms with E-state index in [0.717, 1.165) is 28.6 Å². The molecule has 1 atom stereocenters. The smallest absolute Gasteiger partial charge is 0.407 e. The quantitative estimate of drug-likeness (QED) is 0.425. The number of rotatable bonds is 9. The summed E-state index contributed by atoms with van der Waals surface area (Å²) in [5.74, 6) is -1.68. The maximum Gasteiger partial charge on any atom is 0.407 e. The first-order valence-electron chi connectivity index (χ1n) is 11.4. The van der Waals surface area contributed by atoms with Crippen molar-refractivity contribution in [1.82, 2.24) is 15.6 Å². The molecule has 4 rings (SSSR count). The van der Waals surface area contributed by atoms with Gasteiger partial charge in [-0.15, -0.1) is 0 Å². The first-order chi connectivity index (χ1) is 16.8. The van der Waals surface area contributed by atoms with Crippen LogP contribution < -0.4 is 10.6 Å². The summed E-state index contributed by atoms with van der Waals surface area (Å²) in [6.45, 7) is 3.83. The number of fused-ring (bicyclic) bond motifs is 3. The number of oxazole rings is 1. The van der Waals surface area contributed by atoms with Crippen LogP contribution in [0.2, 0.25) is 0 Å². The molecule has 3 N–H and O–H groups in total. The number of carboxylic acids is 1. The number of carbonyl (C=O) groups is 3. The molecule has 0 fully saturated rings. The van der Waals surface area contributed by atoms with E-state index in [0.29, 0.717) is 6.42 Å². The lowest BCUT2D eigenvalue weighted by molar-refractivity contribution is -0.123. The molecule has 35 heavy (non-hydrogen) atoms. The lowest BCUT2D eigenvalue weighted by atomic mass is 9.98. The van der Waals surface area contributed by atoms with Crippen LogP contribution in [0.25, 0.3) is 11.1 Å². The number of benzene rings is 2. The Labute approximate surface area is 202 Å². The van der Waals surface area contributed by atoms with Gasteiger partial charge in [-0.3, -0.25) is 4.79 Å². The molecule has 0 saturated heterocycles. The molecule has 1 heterocycles. The molecule has 1 aromatic heterocycles. The minimum Gasteiger partial charge on any atom is -0.476 e. The number of hydrogen-bond acceptors (Lipinski definition) is 6. The number of alkyl carbamates (subject to hydrolysis) is 1. The SMILES string of the molecule is CC(C)C[C@H](NC(=O)OCC1c2ccccc2-c2ccccc21)C(=O)NCc1ocnc1C(=O)O. The van der Waals surface area contributed by atoms with Crippen LogP contribution in [0.15, 0.2) is 59.3 Å². The van der Waals surface area contributed by atoms with Gasteiger partial charge in [-0.2, -0.15) is 0 Å². The molecule has 0 saturated carbocycles. The van der Waals surface area contributed by atoms with Gasteiger partial charge in [0.2, 0.25) is 5.91 Å². The number of hydrogen-bond donors (Lipinski definition) is 3. The molecule has 2 amide bonds. The van der Waals surface area contributed by atoms with E-state index < -0.39 is 24.0 Å². The van der Waals surface area contributed by atoms with Crippen LogP contribution >= 0.6 is 0 Å². The Morgan fingerprint density at radius 1 is 1.06 bits per heavy atom. The van der Waals surface area contributed by atoms with Crippen molar-refractivity contribution in [2.24, 2.45) is 5.92 Å². The number of carboxylic acid groups (broad SMARTS) is 1. The molecule has 3 aromatic rings. The standard InChI is InChI=1S/C26H27N3O6/c1-15(2)11-21(24(30)27-12-22-23(25(31)32)28-14-35-22)29-26(33)34-13-20-18-9-5-3-7-16(18)17-8-4-6-10-19(17)20/h3-10,14-15,20-21H,11-13H2,1-2H3,(H,27,30)(H,29,33)(H,31,32)/t21-/m0/s1. The topological polar surface area (TPSA) is 131 Å². The Balaban J connectivity index is 1.39. The molecular weight excluding hydrogens is 450 g/mol. The summed E-state index contributed by atoms with van der Waals surface area (Å²) in [5, 5.41) is 14.4. The van der Waals surface area contributed by atoms with E-state index in [-0.39, 0.29) is 36.4 Å². The zero-order valence-electron chi connectivity index (χ0n) is 19.5. The molecule has 1 aliphatic rings. The molecule has 0 aliphatic heterocycles. The molecular formula is C26H27N3O6. The molecule has 1 aliphatic carbocycles. The predicted octanol–water partition coefficient (Wildman–Crippen LogP) is 3.94. The fraction of sp³-hybridized carbons (Fsp3) is 0.308. The van der Waals surface area contributed by atoms with E-state index in [2.05, 4.69) is 27.8 Å². The van der Waals surface area contributed by atoms with Crippen molar-refractivity contribution in [3.05, 3.63) is 77.5 Å². The highest BCUT2D eigenvalue weighted by Gasteiger charge is 2.30. The van der Waals surface area contributed by atoms with Gasteiger partial charge in [0.25, 0.3) is 0 Å². The maximum absolute atomic E-state index is 12.8. The third kappa shape index (κ3) is 5.34. The normalized spacial score (nSPS) is 13.1. The summed E-state index contributed by atoms with van der Waals surface area (Å²) in [4.78, 5) is 40.3. The Hall–Kier alpha value is -4.14. The second kappa shape index (κ2) is 10.4. The monoisotopic (exact) mass is 477 g/mol. The van der Waals surface area contributed by atoms with Crippen LogP contribution in [-0.2, 0) is 16.1 Å². The first-order valence-corrected chi connectivity index (χ1v) is 11.4. The maximum atomic E-state index is 12.8. The van der Waals surface area contributed by atoms with Gasteiger partial charge in [0, 0.05) is 5.92 Å². The van der Waals surface area contributed by atoms with Gasteiger partial charge >= 0.3 is 12.1 Å². The first kappa shape index (κ1) is 24.0. The molecule has 0 bridgehead atoms. The van der Waals surface area contributed by atoms with Crippen molar-refractivity contribution < 1.29 is 28.6 Å². The summed E-state index contributed by atoms with van der Waals surface area (Å²) in [6.07, 6.45) is 0.683. The van der Waals surface area contributed by atoms with E-state index in [1.165, 1.54) is 0 Å². The second-order valence-electron chi connectivity index (χ2n) is 8.80. The van der Waals surface area contributed by atoms with Gasteiger partial charge in [-0.25, -0.2) is 14.6 Å². The van der Waals surface area contributed by atoms with Crippen LogP contribution in [0.4, 0.5) is 4.79 Å². The summed E-state index contributed by atoms with van der Waals surface area (Å²) in [7, 11) is 0. The zero-order chi connectivity index (χ0) is 24.9. The number of amides is 2. The minimum absolute atomic E-state index is 0.0234. The Kier molecular flexibility index (Phi) is 7.14. The zero-order valence-corrected chi connectivity index (χ0v) is 19.5. The number of nitrogens with one attached hydrogen (secondary N) is 2. The van der Waals surface area contributed by atoms with E-state index in [4.69, 9.17) is 14.3 Å². The van der Waals surface area contributed by atoms with Crippen LogP contribution in [0.1, 0.15) is 53.6 Å². The minimum atomic E-state index is -1.25. The van der Waals surface area contributed by atoms with Gasteiger partial charge in [-0.05, 0) is 34.6 Å². The lowest BCUT2D eigenvalue weighted by Crippen LogP contribution is -2.47. The van der Waals surface area contributed by atoms with Crippen molar-refractivity contribution in [2.75, 3.05) is 6.61 Å². The number of aromatic carboxylic acids is 1. The lowest BCUT2D eigenvalue weighted by Gasteiger charge is -2.21. The average Bonchev–Trinajstić information content (AvgIpc) is 3.43. The van der Waals surface area contributed by atoms with E-state index in [9.17, 15) is 14.4 Å². The largest absolute Gasteiger partial charge is 0.476 e. The summed E-state index contributed by atoms with van der Waals surface area (Å²) >= 11 is 0. The highest BCUT2D eigenvalue weighted by Crippen LogP contribution is 2.44. The fourth-order valence-corrected chi connectivity index (χ4v) is 4.35. The van der Waals surface area contributed by atoms with Gasteiger partial charge < -0.3 is 24.9 Å². The fourth-order valence-electron chi connectivity index (χ4n) is 4.35. The van der Waals surface area contributed by atoms with Gasteiger partial charge in [-0.1, -0.05) is 62.4 Å². The van der Waals surface area contributed by atoms with Gasteiger partial charge in [0.05, 0.1) is 6.54 Å². The molecule has 0 radical (unpaired) electrons. The van der Waals surface area contributed by atoms with Crippen LogP contribution in [0.3, 0.4) is 0 Å². The highest BCUT2D eigenvalue weighted by molar-refractivity contribution is 5.87. The predicted molar refractivity (Wildman–Crippen MR) is 127 cm³/mol. The Morgan fingerprint density at radius 3 is 2.29 bits per heavy atom. The van der Waals surface area contributed by atoms with Crippen molar-refractivity contribution in [2.45, 2.75) is 38.8 Å². The van der Waals surface area contributed by atoms with Crippen LogP contribution in [0.5, 0.6) is 0 Å². The molecule has 182 valence electrons. The summed E-state index contributed by atoms with van der Waals surface area (Å²) in [6, 6.07) is 15.2. The second-order valence-corrected chi connectivity index (χ2v) is 8.80. The van der Waals surface area contributed by atoms with Gasteiger partial charge in [0.15, 0.2) is 17.8 Å². The molecule has 9 heteroatoms. The number of ether oxygens (including phenoxy) is 1. The van der Waals surface area contributed by atoms with Gasteiger partial charge in [0.1, 0.15) is 12.6 Å². The number of nitrogens with zero attached hydrogens (tertiary/aromatic N) is 1. The van der Waals surface area contributed by atoms with Crippen molar-refractivity contribution in [3.63, 3.8) is 0 Å². The van der Waals surface area contributed by atoms with Crippen molar-refractivity contribution in [3.8, 4) is 11.1 Å².